The molecule has 0 aliphatic rings. The highest BCUT2D eigenvalue weighted by Gasteiger charge is 1.98. The van der Waals surface area contributed by atoms with Gasteiger partial charge in [-0.15, -0.1) is 0 Å². The third kappa shape index (κ3) is 2.91. The van der Waals surface area contributed by atoms with E-state index >= 15 is 0 Å². The third-order valence-corrected chi connectivity index (χ3v) is 4.43. The first-order chi connectivity index (χ1) is 5.22. The summed E-state index contributed by atoms with van der Waals surface area (Å²) in [6.45, 7) is 0. The summed E-state index contributed by atoms with van der Waals surface area (Å²) in [6, 6.07) is 10.1. The van der Waals surface area contributed by atoms with Crippen molar-refractivity contribution in [2.45, 2.75) is 0 Å². The van der Waals surface area contributed by atoms with Gasteiger partial charge in [-0.25, -0.2) is 0 Å². The van der Waals surface area contributed by atoms with Crippen LogP contribution < -0.4 is 0 Å². The molecule has 0 atom stereocenters. The molecule has 1 aromatic rings. The van der Waals surface area contributed by atoms with E-state index < -0.39 is 0 Å². The molecule has 0 radical (unpaired) electrons. The summed E-state index contributed by atoms with van der Waals surface area (Å²) >= 11 is 10.2. The standard InChI is InChI=1S/C8H5ClI2/c9-8(11)7(10)6-4-2-1-3-5-6/h1-5H/b8-7+. The van der Waals surface area contributed by atoms with Crippen LogP contribution in [0.1, 0.15) is 5.56 Å². The zero-order chi connectivity index (χ0) is 8.27. The van der Waals surface area contributed by atoms with Crippen LogP contribution in [0.5, 0.6) is 0 Å². The molecule has 0 heterocycles. The minimum atomic E-state index is 0.814. The first-order valence-electron chi connectivity index (χ1n) is 2.98. The molecule has 0 N–H and O–H groups in total. The summed E-state index contributed by atoms with van der Waals surface area (Å²) in [7, 11) is 0. The minimum absolute atomic E-state index is 0.814. The summed E-state index contributed by atoms with van der Waals surface area (Å²) in [5, 5.41) is 0. The molecular weight excluding hydrogens is 385 g/mol. The summed E-state index contributed by atoms with van der Waals surface area (Å²) in [5.74, 6) is 0. The van der Waals surface area contributed by atoms with Gasteiger partial charge in [0.05, 0.1) is 3.04 Å². The molecule has 0 saturated carbocycles. The van der Waals surface area contributed by atoms with Crippen molar-refractivity contribution in [3.8, 4) is 0 Å². The van der Waals surface area contributed by atoms with Gasteiger partial charge in [0.25, 0.3) is 0 Å². The second-order valence-corrected chi connectivity index (χ2v) is 5.11. The zero-order valence-electron chi connectivity index (χ0n) is 5.52. The molecule has 1 rings (SSSR count). The van der Waals surface area contributed by atoms with E-state index in [0.717, 1.165) is 6.62 Å². The highest BCUT2D eigenvalue weighted by atomic mass is 127. The lowest BCUT2D eigenvalue weighted by molar-refractivity contribution is 1.66. The minimum Gasteiger partial charge on any atom is -0.0760 e. The van der Waals surface area contributed by atoms with Crippen LogP contribution in [0.2, 0.25) is 0 Å². The van der Waals surface area contributed by atoms with Crippen LogP contribution in [0, 0.1) is 0 Å². The van der Waals surface area contributed by atoms with Crippen molar-refractivity contribution in [3.05, 3.63) is 38.9 Å². The zero-order valence-corrected chi connectivity index (χ0v) is 10.6. The molecule has 0 spiro atoms. The molecule has 11 heavy (non-hydrogen) atoms. The number of rotatable bonds is 1. The van der Waals surface area contributed by atoms with Crippen molar-refractivity contribution in [2.75, 3.05) is 0 Å². The molecule has 0 bridgehead atoms. The van der Waals surface area contributed by atoms with Crippen LogP contribution in [0.4, 0.5) is 0 Å². The summed E-state index contributed by atoms with van der Waals surface area (Å²) in [6.07, 6.45) is 0. The largest absolute Gasteiger partial charge is 0.0928 e. The average Bonchev–Trinajstić information content (AvgIpc) is 2.05. The predicted octanol–water partition coefficient (Wildman–Crippen LogP) is 4.42. The van der Waals surface area contributed by atoms with Gasteiger partial charge >= 0.3 is 0 Å². The monoisotopic (exact) mass is 390 g/mol. The van der Waals surface area contributed by atoms with Crippen LogP contribution in [0.3, 0.4) is 0 Å². The fourth-order valence-corrected chi connectivity index (χ4v) is 1.47. The summed E-state index contributed by atoms with van der Waals surface area (Å²) in [5.41, 5.74) is 1.17. The maximum Gasteiger partial charge on any atom is 0.0928 e. The highest BCUT2D eigenvalue weighted by Crippen LogP contribution is 2.31. The van der Waals surface area contributed by atoms with Gasteiger partial charge in [-0.3, -0.25) is 0 Å². The Kier molecular flexibility index (Phi) is 4.16. The van der Waals surface area contributed by atoms with E-state index in [0.29, 0.717) is 0 Å². The van der Waals surface area contributed by atoms with Crippen molar-refractivity contribution in [2.24, 2.45) is 0 Å². The molecule has 0 aromatic heterocycles. The molecule has 0 aliphatic carbocycles. The second-order valence-electron chi connectivity index (χ2n) is 1.94. The van der Waals surface area contributed by atoms with Gasteiger partial charge in [0.15, 0.2) is 0 Å². The molecule has 3 heteroatoms. The van der Waals surface area contributed by atoms with Crippen molar-refractivity contribution >= 4 is 60.4 Å². The Balaban J connectivity index is 3.04. The molecule has 0 fully saturated rings. The number of hydrogen-bond acceptors (Lipinski definition) is 0. The Morgan fingerprint density at radius 3 is 2.09 bits per heavy atom. The van der Waals surface area contributed by atoms with Gasteiger partial charge in [-0.2, -0.15) is 0 Å². The normalized spacial score (nSPS) is 12.6. The average molecular weight is 390 g/mol. The highest BCUT2D eigenvalue weighted by molar-refractivity contribution is 14.1. The fourth-order valence-electron chi connectivity index (χ4n) is 0.694. The van der Waals surface area contributed by atoms with E-state index in [2.05, 4.69) is 45.2 Å². The predicted molar refractivity (Wildman–Crippen MR) is 67.3 cm³/mol. The van der Waals surface area contributed by atoms with Crippen molar-refractivity contribution in [1.82, 2.24) is 0 Å². The van der Waals surface area contributed by atoms with Gasteiger partial charge in [-0.1, -0.05) is 41.9 Å². The lowest BCUT2D eigenvalue weighted by atomic mass is 10.2. The molecule has 1 aromatic carbocycles. The van der Waals surface area contributed by atoms with E-state index in [1.54, 1.807) is 0 Å². The second kappa shape index (κ2) is 4.67. The molecule has 0 nitrogen and oxygen atoms in total. The smallest absolute Gasteiger partial charge is 0.0760 e. The first kappa shape index (κ1) is 9.80. The third-order valence-electron chi connectivity index (χ3n) is 1.19. The van der Waals surface area contributed by atoms with Gasteiger partial charge in [0, 0.05) is 3.58 Å². The number of hydrogen-bond donors (Lipinski definition) is 0. The van der Waals surface area contributed by atoms with E-state index in [4.69, 9.17) is 11.6 Å². The Hall–Kier alpha value is 0.710. The number of benzene rings is 1. The van der Waals surface area contributed by atoms with E-state index in [-0.39, 0.29) is 0 Å². The van der Waals surface area contributed by atoms with Crippen LogP contribution in [0.15, 0.2) is 33.4 Å². The van der Waals surface area contributed by atoms with Crippen molar-refractivity contribution in [3.63, 3.8) is 0 Å². The van der Waals surface area contributed by atoms with Crippen LogP contribution in [0.25, 0.3) is 3.58 Å². The van der Waals surface area contributed by atoms with Gasteiger partial charge in [0.1, 0.15) is 0 Å². The van der Waals surface area contributed by atoms with E-state index in [9.17, 15) is 0 Å². The SMILES string of the molecule is Cl/C(I)=C(\I)c1ccccc1. The Labute approximate surface area is 98.3 Å². The van der Waals surface area contributed by atoms with Crippen LogP contribution in [-0.2, 0) is 0 Å². The lowest BCUT2D eigenvalue weighted by Crippen LogP contribution is -1.73. The van der Waals surface area contributed by atoms with Crippen molar-refractivity contribution < 1.29 is 0 Å². The Morgan fingerprint density at radius 2 is 1.64 bits per heavy atom. The quantitative estimate of drug-likeness (QED) is 0.623. The molecular formula is C8H5ClI2. The first-order valence-corrected chi connectivity index (χ1v) is 5.51. The molecule has 58 valence electrons. The van der Waals surface area contributed by atoms with Gasteiger partial charge in [-0.05, 0) is 50.7 Å². The van der Waals surface area contributed by atoms with Gasteiger partial charge in [0.2, 0.25) is 0 Å². The van der Waals surface area contributed by atoms with E-state index in [1.165, 1.54) is 5.56 Å². The van der Waals surface area contributed by atoms with Crippen LogP contribution >= 0.6 is 56.8 Å². The maximum absolute atomic E-state index is 5.82. The fraction of sp³-hybridized carbons (Fsp3) is 0. The molecule has 0 unspecified atom stereocenters. The molecule has 0 aliphatic heterocycles. The summed E-state index contributed by atoms with van der Waals surface area (Å²) < 4.78 is 1.92. The van der Waals surface area contributed by atoms with Gasteiger partial charge < -0.3 is 0 Å². The topological polar surface area (TPSA) is 0 Å². The number of halogens is 3. The Bertz CT molecular complexity index is 263. The molecule has 0 saturated heterocycles. The van der Waals surface area contributed by atoms with E-state index in [1.807, 2.05) is 30.3 Å². The summed E-state index contributed by atoms with van der Waals surface area (Å²) in [4.78, 5) is 0. The maximum atomic E-state index is 5.82. The van der Waals surface area contributed by atoms with Crippen molar-refractivity contribution in [1.29, 1.82) is 0 Å². The Morgan fingerprint density at radius 1 is 1.09 bits per heavy atom. The lowest BCUT2D eigenvalue weighted by Gasteiger charge is -1.97. The van der Waals surface area contributed by atoms with Crippen LogP contribution in [-0.4, -0.2) is 0 Å². The molecule has 0 amide bonds.